The average molecular weight is 366 g/mol. The van der Waals surface area contributed by atoms with Crippen molar-refractivity contribution in [2.24, 2.45) is 0 Å². The van der Waals surface area contributed by atoms with Gasteiger partial charge in [-0.3, -0.25) is 9.69 Å². The van der Waals surface area contributed by atoms with Crippen LogP contribution in [-0.4, -0.2) is 24.1 Å². The molecule has 2 aromatic carbocycles. The van der Waals surface area contributed by atoms with Gasteiger partial charge in [0.15, 0.2) is 5.11 Å². The molecule has 0 atom stereocenters. The molecule has 1 amide bonds. The first-order valence-corrected chi connectivity index (χ1v) is 9.23. The number of thiocarbonyl (C=S) groups is 1. The van der Waals surface area contributed by atoms with Crippen LogP contribution >= 0.6 is 12.2 Å². The standard InChI is InChI=1S/C21H23N3OS/c1-4-23(5-2)17-12-10-16(11-13-17)14-18-20(25)24(21(26)22-18)19-9-7-6-8-15(19)3/h6-14H,4-5H2,1-3H3,(H,22,26)/b18-14+. The number of carbonyl (C=O) groups is 1. The Morgan fingerprint density at radius 1 is 1.08 bits per heavy atom. The van der Waals surface area contributed by atoms with Crippen molar-refractivity contribution in [3.8, 4) is 0 Å². The van der Waals surface area contributed by atoms with E-state index in [9.17, 15) is 4.79 Å². The highest BCUT2D eigenvalue weighted by Crippen LogP contribution is 2.26. The van der Waals surface area contributed by atoms with Gasteiger partial charge in [0, 0.05) is 18.8 Å². The molecule has 26 heavy (non-hydrogen) atoms. The summed E-state index contributed by atoms with van der Waals surface area (Å²) >= 11 is 5.39. The quantitative estimate of drug-likeness (QED) is 0.639. The lowest BCUT2D eigenvalue weighted by molar-refractivity contribution is -0.113. The van der Waals surface area contributed by atoms with Crippen LogP contribution in [-0.2, 0) is 4.79 Å². The van der Waals surface area contributed by atoms with Gasteiger partial charge in [-0.2, -0.15) is 0 Å². The predicted molar refractivity (Wildman–Crippen MR) is 112 cm³/mol. The van der Waals surface area contributed by atoms with E-state index < -0.39 is 0 Å². The highest BCUT2D eigenvalue weighted by Gasteiger charge is 2.32. The molecule has 0 bridgehead atoms. The van der Waals surface area contributed by atoms with Gasteiger partial charge in [0.2, 0.25) is 0 Å². The minimum absolute atomic E-state index is 0.128. The molecule has 0 spiro atoms. The summed E-state index contributed by atoms with van der Waals surface area (Å²) < 4.78 is 0. The Balaban J connectivity index is 1.85. The van der Waals surface area contributed by atoms with Gasteiger partial charge in [-0.25, -0.2) is 0 Å². The Hall–Kier alpha value is -2.66. The van der Waals surface area contributed by atoms with Crippen LogP contribution in [0.1, 0.15) is 25.0 Å². The number of amides is 1. The topological polar surface area (TPSA) is 35.6 Å². The summed E-state index contributed by atoms with van der Waals surface area (Å²) in [5.41, 5.74) is 4.46. The first kappa shape index (κ1) is 18.1. The van der Waals surface area contributed by atoms with E-state index in [2.05, 4.69) is 36.2 Å². The zero-order chi connectivity index (χ0) is 18.7. The highest BCUT2D eigenvalue weighted by atomic mass is 32.1. The molecule has 134 valence electrons. The monoisotopic (exact) mass is 365 g/mol. The van der Waals surface area contributed by atoms with Crippen LogP contribution in [0, 0.1) is 6.92 Å². The molecule has 0 aliphatic carbocycles. The fraction of sp³-hybridized carbons (Fsp3) is 0.238. The molecule has 5 heteroatoms. The van der Waals surface area contributed by atoms with Crippen molar-refractivity contribution in [2.45, 2.75) is 20.8 Å². The Morgan fingerprint density at radius 2 is 1.73 bits per heavy atom. The summed E-state index contributed by atoms with van der Waals surface area (Å²) in [6.07, 6.45) is 1.85. The third-order valence-electron chi connectivity index (χ3n) is 4.57. The lowest BCUT2D eigenvalue weighted by Crippen LogP contribution is -2.30. The summed E-state index contributed by atoms with van der Waals surface area (Å²) in [6.45, 7) is 8.19. The van der Waals surface area contributed by atoms with E-state index in [1.54, 1.807) is 4.90 Å². The number of carbonyl (C=O) groups excluding carboxylic acids is 1. The highest BCUT2D eigenvalue weighted by molar-refractivity contribution is 7.80. The summed E-state index contributed by atoms with van der Waals surface area (Å²) in [5, 5.41) is 3.46. The number of hydrogen-bond donors (Lipinski definition) is 1. The molecule has 1 N–H and O–H groups in total. The van der Waals surface area contributed by atoms with Crippen LogP contribution in [0.4, 0.5) is 11.4 Å². The number of nitrogens with zero attached hydrogens (tertiary/aromatic N) is 2. The van der Waals surface area contributed by atoms with Gasteiger partial charge in [0.25, 0.3) is 5.91 Å². The number of rotatable bonds is 5. The predicted octanol–water partition coefficient (Wildman–Crippen LogP) is 4.10. The van der Waals surface area contributed by atoms with Crippen molar-refractivity contribution in [3.63, 3.8) is 0 Å². The second kappa shape index (κ2) is 7.70. The van der Waals surface area contributed by atoms with Crippen LogP contribution in [0.15, 0.2) is 54.2 Å². The minimum atomic E-state index is -0.128. The Kier molecular flexibility index (Phi) is 5.38. The molecule has 1 saturated heterocycles. The molecule has 0 radical (unpaired) electrons. The number of aryl methyl sites for hydroxylation is 1. The number of nitrogens with one attached hydrogen (secondary N) is 1. The van der Waals surface area contributed by atoms with Crippen LogP contribution in [0.25, 0.3) is 6.08 Å². The first-order valence-electron chi connectivity index (χ1n) is 8.83. The summed E-state index contributed by atoms with van der Waals surface area (Å²) in [4.78, 5) is 16.7. The third kappa shape index (κ3) is 3.48. The Morgan fingerprint density at radius 3 is 2.35 bits per heavy atom. The van der Waals surface area contributed by atoms with E-state index in [0.717, 1.165) is 29.9 Å². The molecule has 3 rings (SSSR count). The first-order chi connectivity index (χ1) is 12.5. The van der Waals surface area contributed by atoms with Gasteiger partial charge in [0.1, 0.15) is 5.70 Å². The van der Waals surface area contributed by atoms with Gasteiger partial charge < -0.3 is 10.2 Å². The smallest absolute Gasteiger partial charge is 0.281 e. The normalized spacial score (nSPS) is 15.5. The largest absolute Gasteiger partial charge is 0.372 e. The lowest BCUT2D eigenvalue weighted by Gasteiger charge is -2.20. The fourth-order valence-electron chi connectivity index (χ4n) is 3.10. The SMILES string of the molecule is CCN(CC)c1ccc(/C=C2/NC(=S)N(c3ccccc3C)C2=O)cc1. The van der Waals surface area contributed by atoms with Crippen molar-refractivity contribution in [2.75, 3.05) is 22.9 Å². The zero-order valence-corrected chi connectivity index (χ0v) is 16.1. The summed E-state index contributed by atoms with van der Waals surface area (Å²) in [7, 11) is 0. The van der Waals surface area contributed by atoms with E-state index in [1.165, 1.54) is 5.69 Å². The molecule has 1 heterocycles. The second-order valence-corrected chi connectivity index (χ2v) is 6.57. The van der Waals surface area contributed by atoms with Crippen molar-refractivity contribution < 1.29 is 4.79 Å². The van der Waals surface area contributed by atoms with Crippen LogP contribution < -0.4 is 15.1 Å². The van der Waals surface area contributed by atoms with Gasteiger partial charge in [-0.1, -0.05) is 30.3 Å². The van der Waals surface area contributed by atoms with E-state index in [1.807, 2.05) is 49.4 Å². The van der Waals surface area contributed by atoms with E-state index in [4.69, 9.17) is 12.2 Å². The van der Waals surface area contributed by atoms with Crippen molar-refractivity contribution in [1.29, 1.82) is 0 Å². The summed E-state index contributed by atoms with van der Waals surface area (Å²) in [5.74, 6) is -0.128. The molecule has 0 aromatic heterocycles. The number of para-hydroxylation sites is 1. The van der Waals surface area contributed by atoms with Gasteiger partial charge in [0.05, 0.1) is 5.69 Å². The third-order valence-corrected chi connectivity index (χ3v) is 4.85. The molecule has 0 unspecified atom stereocenters. The number of benzene rings is 2. The maximum absolute atomic E-state index is 12.8. The molecule has 1 aliphatic heterocycles. The van der Waals surface area contributed by atoms with Crippen LogP contribution in [0.5, 0.6) is 0 Å². The molecule has 1 aliphatic rings. The summed E-state index contributed by atoms with van der Waals surface area (Å²) in [6, 6.07) is 15.9. The van der Waals surface area contributed by atoms with E-state index in [0.29, 0.717) is 10.8 Å². The van der Waals surface area contributed by atoms with Crippen molar-refractivity contribution in [3.05, 3.63) is 65.4 Å². The fourth-order valence-corrected chi connectivity index (χ4v) is 3.40. The maximum Gasteiger partial charge on any atom is 0.281 e. The van der Waals surface area contributed by atoms with Gasteiger partial charge in [-0.05, 0) is 68.4 Å². The van der Waals surface area contributed by atoms with Crippen molar-refractivity contribution in [1.82, 2.24) is 5.32 Å². The zero-order valence-electron chi connectivity index (χ0n) is 15.3. The molecule has 1 fully saturated rings. The Bertz CT molecular complexity index is 854. The molecule has 4 nitrogen and oxygen atoms in total. The lowest BCUT2D eigenvalue weighted by atomic mass is 10.1. The molecular formula is C21H23N3OS. The average Bonchev–Trinajstić information content (AvgIpc) is 2.91. The number of hydrogen-bond acceptors (Lipinski definition) is 3. The van der Waals surface area contributed by atoms with Crippen molar-refractivity contribution >= 4 is 40.7 Å². The number of anilines is 2. The molecule has 0 saturated carbocycles. The molecule has 2 aromatic rings. The van der Waals surface area contributed by atoms with E-state index in [-0.39, 0.29) is 5.91 Å². The van der Waals surface area contributed by atoms with Crippen LogP contribution in [0.2, 0.25) is 0 Å². The van der Waals surface area contributed by atoms with Gasteiger partial charge in [-0.15, -0.1) is 0 Å². The van der Waals surface area contributed by atoms with E-state index >= 15 is 0 Å². The van der Waals surface area contributed by atoms with Gasteiger partial charge >= 0.3 is 0 Å². The Labute approximate surface area is 160 Å². The minimum Gasteiger partial charge on any atom is -0.372 e. The second-order valence-electron chi connectivity index (χ2n) is 6.18. The maximum atomic E-state index is 12.8. The molecular weight excluding hydrogens is 342 g/mol. The van der Waals surface area contributed by atoms with Crippen LogP contribution in [0.3, 0.4) is 0 Å².